The van der Waals surface area contributed by atoms with E-state index in [2.05, 4.69) is 9.97 Å². The summed E-state index contributed by atoms with van der Waals surface area (Å²) in [5.41, 5.74) is 7.10. The fourth-order valence-electron chi connectivity index (χ4n) is 1.69. The molecule has 0 aliphatic rings. The van der Waals surface area contributed by atoms with Gasteiger partial charge < -0.3 is 10.3 Å². The van der Waals surface area contributed by atoms with Crippen LogP contribution in [0.2, 0.25) is 0 Å². The Labute approximate surface area is 95.1 Å². The molecule has 2 rings (SSSR count). The molecular formula is C12H16N4. The maximum atomic E-state index is 6.07. The Morgan fingerprint density at radius 2 is 2.12 bits per heavy atom. The number of hydrogen-bond acceptors (Lipinski definition) is 3. The molecule has 4 nitrogen and oxygen atoms in total. The van der Waals surface area contributed by atoms with E-state index < -0.39 is 0 Å². The second kappa shape index (κ2) is 4.90. The average molecular weight is 216 g/mol. The first-order valence-electron chi connectivity index (χ1n) is 5.37. The Hall–Kier alpha value is -1.68. The van der Waals surface area contributed by atoms with Crippen molar-refractivity contribution in [3.8, 4) is 0 Å². The Morgan fingerprint density at radius 1 is 1.25 bits per heavy atom. The van der Waals surface area contributed by atoms with Crippen molar-refractivity contribution in [3.05, 3.63) is 48.3 Å². The van der Waals surface area contributed by atoms with E-state index >= 15 is 0 Å². The van der Waals surface area contributed by atoms with Crippen LogP contribution in [0.15, 0.2) is 36.8 Å². The highest BCUT2D eigenvalue weighted by atomic mass is 15.0. The zero-order valence-electron chi connectivity index (χ0n) is 9.37. The van der Waals surface area contributed by atoms with Gasteiger partial charge in [0.2, 0.25) is 0 Å². The van der Waals surface area contributed by atoms with Crippen LogP contribution in [0.4, 0.5) is 0 Å². The zero-order valence-corrected chi connectivity index (χ0v) is 9.37. The van der Waals surface area contributed by atoms with Crippen molar-refractivity contribution in [1.29, 1.82) is 0 Å². The molecular weight excluding hydrogens is 200 g/mol. The summed E-state index contributed by atoms with van der Waals surface area (Å²) >= 11 is 0. The topological polar surface area (TPSA) is 56.7 Å². The molecule has 1 atom stereocenters. The first-order valence-corrected chi connectivity index (χ1v) is 5.37. The van der Waals surface area contributed by atoms with Gasteiger partial charge in [0.15, 0.2) is 0 Å². The quantitative estimate of drug-likeness (QED) is 0.827. The van der Waals surface area contributed by atoms with E-state index in [1.54, 1.807) is 12.4 Å². The van der Waals surface area contributed by atoms with Crippen LogP contribution < -0.4 is 5.73 Å². The molecule has 0 spiro atoms. The summed E-state index contributed by atoms with van der Waals surface area (Å²) in [6.07, 6.45) is 7.09. The molecule has 0 bridgehead atoms. The fourth-order valence-corrected chi connectivity index (χ4v) is 1.69. The Morgan fingerprint density at radius 3 is 2.75 bits per heavy atom. The predicted molar refractivity (Wildman–Crippen MR) is 62.8 cm³/mol. The Balaban J connectivity index is 1.95. The van der Waals surface area contributed by atoms with Crippen LogP contribution in [0, 0.1) is 0 Å². The summed E-state index contributed by atoms with van der Waals surface area (Å²) in [6, 6.07) is 5.96. The lowest BCUT2D eigenvalue weighted by Crippen LogP contribution is -2.27. The highest BCUT2D eigenvalue weighted by Gasteiger charge is 2.08. The van der Waals surface area contributed by atoms with Crippen LogP contribution >= 0.6 is 0 Å². The maximum absolute atomic E-state index is 6.07. The molecule has 16 heavy (non-hydrogen) atoms. The van der Waals surface area contributed by atoms with Crippen LogP contribution in [0.3, 0.4) is 0 Å². The van der Waals surface area contributed by atoms with Crippen molar-refractivity contribution in [2.24, 2.45) is 12.8 Å². The average Bonchev–Trinajstić information content (AvgIpc) is 2.66. The van der Waals surface area contributed by atoms with Gasteiger partial charge in [-0.05, 0) is 12.1 Å². The van der Waals surface area contributed by atoms with Crippen molar-refractivity contribution in [2.45, 2.75) is 18.9 Å². The van der Waals surface area contributed by atoms with Gasteiger partial charge in [0.25, 0.3) is 0 Å². The summed E-state index contributed by atoms with van der Waals surface area (Å²) in [6.45, 7) is 0. The van der Waals surface area contributed by atoms with E-state index in [-0.39, 0.29) is 6.04 Å². The molecule has 0 amide bonds. The molecule has 2 aromatic rings. The molecule has 0 saturated carbocycles. The van der Waals surface area contributed by atoms with Gasteiger partial charge >= 0.3 is 0 Å². The van der Waals surface area contributed by atoms with Gasteiger partial charge in [-0.15, -0.1) is 0 Å². The SMILES string of the molecule is Cn1ccnc1CC(N)Cc1ccccn1. The summed E-state index contributed by atoms with van der Waals surface area (Å²) in [5, 5.41) is 0. The third-order valence-electron chi connectivity index (χ3n) is 2.56. The largest absolute Gasteiger partial charge is 0.338 e. The lowest BCUT2D eigenvalue weighted by Gasteiger charge is -2.10. The summed E-state index contributed by atoms with van der Waals surface area (Å²) < 4.78 is 2.00. The maximum Gasteiger partial charge on any atom is 0.109 e. The molecule has 84 valence electrons. The van der Waals surface area contributed by atoms with Gasteiger partial charge in [0, 0.05) is 50.2 Å². The molecule has 0 aliphatic heterocycles. The van der Waals surface area contributed by atoms with E-state index in [1.807, 2.05) is 36.0 Å². The number of hydrogen-bond donors (Lipinski definition) is 1. The monoisotopic (exact) mass is 216 g/mol. The lowest BCUT2D eigenvalue weighted by atomic mass is 10.1. The first-order chi connectivity index (χ1) is 7.75. The van der Waals surface area contributed by atoms with E-state index in [0.29, 0.717) is 0 Å². The van der Waals surface area contributed by atoms with E-state index in [0.717, 1.165) is 24.4 Å². The van der Waals surface area contributed by atoms with Gasteiger partial charge in [-0.2, -0.15) is 0 Å². The number of aryl methyl sites for hydroxylation is 1. The minimum absolute atomic E-state index is 0.0657. The third-order valence-corrected chi connectivity index (χ3v) is 2.56. The van der Waals surface area contributed by atoms with E-state index in [9.17, 15) is 0 Å². The number of nitrogens with two attached hydrogens (primary N) is 1. The van der Waals surface area contributed by atoms with Gasteiger partial charge in [0.05, 0.1) is 0 Å². The van der Waals surface area contributed by atoms with Crippen molar-refractivity contribution in [2.75, 3.05) is 0 Å². The number of rotatable bonds is 4. The lowest BCUT2D eigenvalue weighted by molar-refractivity contribution is 0.615. The standard InChI is InChI=1S/C12H16N4/c1-16-7-6-15-12(16)9-10(13)8-11-4-2-3-5-14-11/h2-7,10H,8-9,13H2,1H3. The van der Waals surface area contributed by atoms with Crippen LogP contribution in [0.25, 0.3) is 0 Å². The number of imidazole rings is 1. The molecule has 0 fully saturated rings. The molecule has 4 heteroatoms. The summed E-state index contributed by atoms with van der Waals surface area (Å²) in [7, 11) is 1.98. The van der Waals surface area contributed by atoms with Gasteiger partial charge in [-0.25, -0.2) is 4.98 Å². The number of aromatic nitrogens is 3. The van der Waals surface area contributed by atoms with Crippen molar-refractivity contribution >= 4 is 0 Å². The minimum Gasteiger partial charge on any atom is -0.338 e. The molecule has 2 aromatic heterocycles. The summed E-state index contributed by atoms with van der Waals surface area (Å²) in [4.78, 5) is 8.52. The Kier molecular flexibility index (Phi) is 3.31. The summed E-state index contributed by atoms with van der Waals surface area (Å²) in [5.74, 6) is 1.02. The molecule has 2 N–H and O–H groups in total. The van der Waals surface area contributed by atoms with E-state index in [1.165, 1.54) is 0 Å². The highest BCUT2D eigenvalue weighted by molar-refractivity contribution is 5.06. The Bertz CT molecular complexity index is 435. The van der Waals surface area contributed by atoms with Crippen molar-refractivity contribution in [1.82, 2.24) is 14.5 Å². The molecule has 1 unspecified atom stereocenters. The molecule has 0 aromatic carbocycles. The van der Waals surface area contributed by atoms with Crippen molar-refractivity contribution in [3.63, 3.8) is 0 Å². The highest BCUT2D eigenvalue weighted by Crippen LogP contribution is 2.03. The van der Waals surface area contributed by atoms with E-state index in [4.69, 9.17) is 5.73 Å². The molecule has 0 radical (unpaired) electrons. The normalized spacial score (nSPS) is 12.6. The minimum atomic E-state index is 0.0657. The van der Waals surface area contributed by atoms with Crippen LogP contribution in [0.1, 0.15) is 11.5 Å². The second-order valence-electron chi connectivity index (χ2n) is 3.94. The molecule has 2 heterocycles. The molecule has 0 aliphatic carbocycles. The van der Waals surface area contributed by atoms with Crippen LogP contribution in [0.5, 0.6) is 0 Å². The fraction of sp³-hybridized carbons (Fsp3) is 0.333. The third kappa shape index (κ3) is 2.67. The smallest absolute Gasteiger partial charge is 0.109 e. The van der Waals surface area contributed by atoms with Crippen molar-refractivity contribution < 1.29 is 0 Å². The first kappa shape index (κ1) is 10.8. The second-order valence-corrected chi connectivity index (χ2v) is 3.94. The van der Waals surface area contributed by atoms with Gasteiger partial charge in [-0.1, -0.05) is 6.07 Å². The molecule has 0 saturated heterocycles. The van der Waals surface area contributed by atoms with Gasteiger partial charge in [0.1, 0.15) is 5.82 Å². The van der Waals surface area contributed by atoms with Gasteiger partial charge in [-0.3, -0.25) is 4.98 Å². The zero-order chi connectivity index (χ0) is 11.4. The number of nitrogens with zero attached hydrogens (tertiary/aromatic N) is 3. The van der Waals surface area contributed by atoms with Crippen LogP contribution in [-0.4, -0.2) is 20.6 Å². The number of pyridine rings is 1. The predicted octanol–water partition coefficient (Wildman–Crippen LogP) is 0.928. The van der Waals surface area contributed by atoms with Crippen LogP contribution in [-0.2, 0) is 19.9 Å².